The average Bonchev–Trinajstić information content (AvgIpc) is 2.98. The minimum absolute atomic E-state index is 0.0295. The fourth-order valence-electron chi connectivity index (χ4n) is 1.15. The van der Waals surface area contributed by atoms with Crippen LogP contribution < -0.4 is 9.88 Å². The Kier molecular flexibility index (Phi) is 3.18. The van der Waals surface area contributed by atoms with E-state index in [9.17, 15) is 8.42 Å². The second-order valence-corrected chi connectivity index (χ2v) is 6.17. The van der Waals surface area contributed by atoms with Crippen molar-refractivity contribution >= 4 is 26.0 Å². The van der Waals surface area contributed by atoms with Gasteiger partial charge in [0.2, 0.25) is 15.9 Å². The molecule has 1 heterocycles. The minimum atomic E-state index is -3.71. The van der Waals surface area contributed by atoms with Gasteiger partial charge in [-0.2, -0.15) is 0 Å². The molecule has 5 nitrogen and oxygen atoms in total. The van der Waals surface area contributed by atoms with E-state index in [-0.39, 0.29) is 4.90 Å². The van der Waals surface area contributed by atoms with Gasteiger partial charge in [-0.05, 0) is 40.8 Å². The highest BCUT2D eigenvalue weighted by molar-refractivity contribution is 9.10. The predicted octanol–water partition coefficient (Wildman–Crippen LogP) is 1.28. The van der Waals surface area contributed by atoms with Crippen molar-refractivity contribution in [3.05, 3.63) is 16.7 Å². The lowest BCUT2D eigenvalue weighted by Crippen LogP contribution is -2.13. The third kappa shape index (κ3) is 2.93. The van der Waals surface area contributed by atoms with E-state index in [1.165, 1.54) is 25.1 Å². The molecule has 16 heavy (non-hydrogen) atoms. The fourth-order valence-corrected chi connectivity index (χ4v) is 2.25. The third-order valence-corrected chi connectivity index (χ3v) is 3.71. The topological polar surface area (TPSA) is 82.3 Å². The van der Waals surface area contributed by atoms with E-state index in [4.69, 9.17) is 9.88 Å². The zero-order valence-electron chi connectivity index (χ0n) is 8.39. The number of primary sulfonamides is 1. The average molecular weight is 307 g/mol. The van der Waals surface area contributed by atoms with Crippen molar-refractivity contribution in [1.82, 2.24) is 4.98 Å². The van der Waals surface area contributed by atoms with Gasteiger partial charge in [0.15, 0.2) is 0 Å². The van der Waals surface area contributed by atoms with Gasteiger partial charge in [0, 0.05) is 0 Å². The van der Waals surface area contributed by atoms with Crippen LogP contribution in [0.3, 0.4) is 0 Å². The Morgan fingerprint density at radius 1 is 1.56 bits per heavy atom. The molecule has 0 amide bonds. The summed E-state index contributed by atoms with van der Waals surface area (Å²) >= 11 is 3.20. The molecule has 7 heteroatoms. The molecule has 0 bridgehead atoms. The largest absolute Gasteiger partial charge is 0.477 e. The molecule has 2 N–H and O–H groups in total. The van der Waals surface area contributed by atoms with Crippen molar-refractivity contribution in [3.8, 4) is 5.88 Å². The Bertz CT molecular complexity index is 499. The number of nitrogens with zero attached hydrogens (tertiary/aromatic N) is 1. The highest BCUT2D eigenvalue weighted by Crippen LogP contribution is 2.31. The maximum Gasteiger partial charge on any atom is 0.239 e. The van der Waals surface area contributed by atoms with Crippen molar-refractivity contribution in [1.29, 1.82) is 0 Å². The number of ether oxygens (including phenoxy) is 1. The smallest absolute Gasteiger partial charge is 0.239 e. The third-order valence-electron chi connectivity index (χ3n) is 2.26. The van der Waals surface area contributed by atoms with Crippen LogP contribution in [0.25, 0.3) is 0 Å². The molecule has 0 saturated heterocycles. The molecule has 0 spiro atoms. The van der Waals surface area contributed by atoms with Gasteiger partial charge in [-0.25, -0.2) is 18.5 Å². The first kappa shape index (κ1) is 11.8. The van der Waals surface area contributed by atoms with Crippen LogP contribution in [-0.2, 0) is 10.0 Å². The van der Waals surface area contributed by atoms with Crippen molar-refractivity contribution in [2.24, 2.45) is 11.1 Å². The lowest BCUT2D eigenvalue weighted by Gasteiger charge is -2.06. The van der Waals surface area contributed by atoms with Crippen LogP contribution >= 0.6 is 15.9 Å². The highest BCUT2D eigenvalue weighted by Gasteiger charge is 2.22. The van der Waals surface area contributed by atoms with Crippen molar-refractivity contribution in [2.45, 2.75) is 17.7 Å². The van der Waals surface area contributed by atoms with Crippen LogP contribution in [0.15, 0.2) is 21.6 Å². The zero-order valence-corrected chi connectivity index (χ0v) is 10.8. The summed E-state index contributed by atoms with van der Waals surface area (Å²) < 4.78 is 28.0. The normalized spacial score (nSPS) is 16.1. The van der Waals surface area contributed by atoms with Crippen molar-refractivity contribution < 1.29 is 13.2 Å². The predicted molar refractivity (Wildman–Crippen MR) is 61.5 cm³/mol. The lowest BCUT2D eigenvalue weighted by molar-refractivity contribution is 0.286. The Labute approximate surface area is 102 Å². The van der Waals surface area contributed by atoms with Gasteiger partial charge in [-0.15, -0.1) is 0 Å². The van der Waals surface area contributed by atoms with Gasteiger partial charge in [0.05, 0.1) is 17.3 Å². The number of rotatable bonds is 4. The van der Waals surface area contributed by atoms with Gasteiger partial charge in [0.1, 0.15) is 4.90 Å². The summed E-state index contributed by atoms with van der Waals surface area (Å²) in [6.07, 6.45) is 3.57. The maximum atomic E-state index is 11.0. The molecule has 0 aromatic carbocycles. The highest BCUT2D eigenvalue weighted by atomic mass is 79.9. The standard InChI is InChI=1S/C9H11BrN2O3S/c10-8-3-7(16(11,13)14)4-12-9(8)15-5-6-1-2-6/h3-4,6H,1-2,5H2,(H2,11,13,14). The lowest BCUT2D eigenvalue weighted by atomic mass is 10.4. The fraction of sp³-hybridized carbons (Fsp3) is 0.444. The minimum Gasteiger partial charge on any atom is -0.477 e. The Balaban J connectivity index is 2.15. The van der Waals surface area contributed by atoms with Crippen molar-refractivity contribution in [2.75, 3.05) is 6.61 Å². The Morgan fingerprint density at radius 3 is 2.75 bits per heavy atom. The second kappa shape index (κ2) is 4.31. The molecule has 0 unspecified atom stereocenters. The summed E-state index contributed by atoms with van der Waals surface area (Å²) in [5.41, 5.74) is 0. The van der Waals surface area contributed by atoms with Crippen LogP contribution in [0.1, 0.15) is 12.8 Å². The van der Waals surface area contributed by atoms with Crippen LogP contribution in [0.4, 0.5) is 0 Å². The van der Waals surface area contributed by atoms with E-state index in [2.05, 4.69) is 20.9 Å². The van der Waals surface area contributed by atoms with Crippen LogP contribution in [0.5, 0.6) is 5.88 Å². The number of sulfonamides is 1. The van der Waals surface area contributed by atoms with E-state index in [0.717, 1.165) is 0 Å². The Morgan fingerprint density at radius 2 is 2.25 bits per heavy atom. The number of nitrogens with two attached hydrogens (primary N) is 1. The number of halogens is 1. The van der Waals surface area contributed by atoms with Gasteiger partial charge in [-0.1, -0.05) is 0 Å². The summed E-state index contributed by atoms with van der Waals surface area (Å²) in [5.74, 6) is 1.02. The first-order valence-corrected chi connectivity index (χ1v) is 7.12. The number of pyridine rings is 1. The molecule has 88 valence electrons. The number of hydrogen-bond acceptors (Lipinski definition) is 4. The molecule has 1 aromatic rings. The van der Waals surface area contributed by atoms with E-state index in [1.54, 1.807) is 0 Å². The summed E-state index contributed by atoms with van der Waals surface area (Å²) in [6, 6.07) is 1.39. The number of aromatic nitrogens is 1. The molecule has 0 radical (unpaired) electrons. The molecule has 0 atom stereocenters. The summed E-state index contributed by atoms with van der Waals surface area (Å²) in [4.78, 5) is 3.89. The molecule has 1 aliphatic rings. The van der Waals surface area contributed by atoms with E-state index in [1.807, 2.05) is 0 Å². The molecule has 1 fully saturated rings. The number of hydrogen-bond donors (Lipinski definition) is 1. The summed E-state index contributed by atoms with van der Waals surface area (Å²) in [7, 11) is -3.71. The molecule has 2 rings (SSSR count). The monoisotopic (exact) mass is 306 g/mol. The maximum absolute atomic E-state index is 11.0. The van der Waals surface area contributed by atoms with Gasteiger partial charge in [0.25, 0.3) is 0 Å². The molecule has 1 saturated carbocycles. The second-order valence-electron chi connectivity index (χ2n) is 3.76. The molecular formula is C9H11BrN2O3S. The van der Waals surface area contributed by atoms with Gasteiger partial charge < -0.3 is 4.74 Å². The van der Waals surface area contributed by atoms with Gasteiger partial charge >= 0.3 is 0 Å². The quantitative estimate of drug-likeness (QED) is 0.908. The summed E-state index contributed by atoms with van der Waals surface area (Å²) in [6.45, 7) is 0.625. The van der Waals surface area contributed by atoms with E-state index in [0.29, 0.717) is 22.9 Å². The van der Waals surface area contributed by atoms with E-state index >= 15 is 0 Å². The van der Waals surface area contributed by atoms with Crippen molar-refractivity contribution in [3.63, 3.8) is 0 Å². The first-order chi connectivity index (χ1) is 7.47. The molecule has 1 aromatic heterocycles. The van der Waals surface area contributed by atoms with Gasteiger partial charge in [-0.3, -0.25) is 0 Å². The summed E-state index contributed by atoms with van der Waals surface area (Å²) in [5, 5.41) is 4.98. The zero-order chi connectivity index (χ0) is 11.8. The molecule has 1 aliphatic carbocycles. The first-order valence-electron chi connectivity index (χ1n) is 4.78. The van der Waals surface area contributed by atoms with Crippen LogP contribution in [0, 0.1) is 5.92 Å². The van der Waals surface area contributed by atoms with Crippen LogP contribution in [-0.4, -0.2) is 20.0 Å². The van der Waals surface area contributed by atoms with Crippen LogP contribution in [0.2, 0.25) is 0 Å². The van der Waals surface area contributed by atoms with E-state index < -0.39 is 10.0 Å². The molecule has 0 aliphatic heterocycles. The molecular weight excluding hydrogens is 296 g/mol. The Hall–Kier alpha value is -0.660. The SMILES string of the molecule is NS(=O)(=O)c1cnc(OCC2CC2)c(Br)c1.